The Balaban J connectivity index is 1.88. The molecule has 6 heteroatoms. The molecule has 0 aliphatic carbocycles. The Morgan fingerprint density at radius 2 is 2.05 bits per heavy atom. The molecule has 2 aromatic rings. The van der Waals surface area contributed by atoms with Gasteiger partial charge in [-0.2, -0.15) is 5.10 Å². The van der Waals surface area contributed by atoms with E-state index in [9.17, 15) is 4.39 Å². The molecule has 1 aromatic heterocycles. The number of nitrogens with one attached hydrogen (secondary N) is 2. The Morgan fingerprint density at radius 3 is 2.67 bits per heavy atom. The Hall–Kier alpha value is -2.37. The molecule has 0 saturated heterocycles. The monoisotopic (exact) mass is 289 g/mol. The second-order valence-corrected chi connectivity index (χ2v) is 4.81. The van der Waals surface area contributed by atoms with E-state index in [1.54, 1.807) is 30.9 Å². The normalized spacial score (nSPS) is 11.5. The van der Waals surface area contributed by atoms with Crippen molar-refractivity contribution in [3.63, 3.8) is 0 Å². The van der Waals surface area contributed by atoms with Gasteiger partial charge in [0.15, 0.2) is 5.96 Å². The van der Waals surface area contributed by atoms with Crippen LogP contribution in [0, 0.1) is 12.7 Å². The SMILES string of the molecule is CN=C(NCc1ccc(C)c(F)c1)NCc1ccnn1C. The van der Waals surface area contributed by atoms with Crippen LogP contribution < -0.4 is 10.6 Å². The standard InChI is InChI=1S/C15H20FN5/c1-11-4-5-12(8-14(11)16)9-18-15(17-2)19-10-13-6-7-20-21(13)3/h4-8H,9-10H2,1-3H3,(H2,17,18,19). The van der Waals surface area contributed by atoms with E-state index in [4.69, 9.17) is 0 Å². The summed E-state index contributed by atoms with van der Waals surface area (Å²) in [5, 5.41) is 10.5. The molecule has 1 aromatic carbocycles. The number of benzene rings is 1. The molecule has 0 radical (unpaired) electrons. The van der Waals surface area contributed by atoms with Gasteiger partial charge in [-0.1, -0.05) is 12.1 Å². The van der Waals surface area contributed by atoms with Crippen molar-refractivity contribution in [1.29, 1.82) is 0 Å². The third kappa shape index (κ3) is 4.05. The lowest BCUT2D eigenvalue weighted by Gasteiger charge is -2.12. The van der Waals surface area contributed by atoms with E-state index in [2.05, 4.69) is 20.7 Å². The van der Waals surface area contributed by atoms with E-state index >= 15 is 0 Å². The number of rotatable bonds is 4. The maximum absolute atomic E-state index is 13.5. The van der Waals surface area contributed by atoms with E-state index in [0.29, 0.717) is 24.6 Å². The van der Waals surface area contributed by atoms with Gasteiger partial charge in [0.05, 0.1) is 12.2 Å². The largest absolute Gasteiger partial charge is 0.352 e. The first-order valence-corrected chi connectivity index (χ1v) is 6.76. The third-order valence-electron chi connectivity index (χ3n) is 3.28. The van der Waals surface area contributed by atoms with Crippen LogP contribution in [0.1, 0.15) is 16.8 Å². The molecule has 0 spiro atoms. The van der Waals surface area contributed by atoms with E-state index in [0.717, 1.165) is 11.3 Å². The summed E-state index contributed by atoms with van der Waals surface area (Å²) in [6.45, 7) is 2.89. The summed E-state index contributed by atoms with van der Waals surface area (Å²) in [7, 11) is 3.59. The Kier molecular flexibility index (Phi) is 4.92. The summed E-state index contributed by atoms with van der Waals surface area (Å²) in [6.07, 6.45) is 1.75. The predicted molar refractivity (Wildman–Crippen MR) is 81.4 cm³/mol. The molecule has 0 aliphatic heterocycles. The average Bonchev–Trinajstić information content (AvgIpc) is 2.88. The number of nitrogens with zero attached hydrogens (tertiary/aromatic N) is 3. The van der Waals surface area contributed by atoms with Crippen LogP contribution in [0.3, 0.4) is 0 Å². The van der Waals surface area contributed by atoms with Crippen LogP contribution in [0.15, 0.2) is 35.5 Å². The Labute approximate surface area is 123 Å². The van der Waals surface area contributed by atoms with E-state index in [-0.39, 0.29) is 5.82 Å². The smallest absolute Gasteiger partial charge is 0.191 e. The molecule has 0 saturated carbocycles. The molecule has 2 N–H and O–H groups in total. The van der Waals surface area contributed by atoms with Crippen molar-refractivity contribution in [2.75, 3.05) is 7.05 Å². The van der Waals surface area contributed by atoms with Gasteiger partial charge in [0.25, 0.3) is 0 Å². The summed E-state index contributed by atoms with van der Waals surface area (Å²) in [4.78, 5) is 4.14. The van der Waals surface area contributed by atoms with Crippen molar-refractivity contribution in [2.24, 2.45) is 12.0 Å². The fourth-order valence-electron chi connectivity index (χ4n) is 1.90. The van der Waals surface area contributed by atoms with Gasteiger partial charge in [-0.15, -0.1) is 0 Å². The van der Waals surface area contributed by atoms with Crippen LogP contribution in [0.4, 0.5) is 4.39 Å². The summed E-state index contributed by atoms with van der Waals surface area (Å²) < 4.78 is 15.3. The van der Waals surface area contributed by atoms with Gasteiger partial charge in [0.1, 0.15) is 5.82 Å². The molecule has 0 amide bonds. The molecule has 0 aliphatic rings. The molecule has 1 heterocycles. The van der Waals surface area contributed by atoms with Gasteiger partial charge >= 0.3 is 0 Å². The third-order valence-corrected chi connectivity index (χ3v) is 3.28. The molecular formula is C15H20FN5. The van der Waals surface area contributed by atoms with Crippen LogP contribution in [-0.4, -0.2) is 22.8 Å². The van der Waals surface area contributed by atoms with Crippen LogP contribution in [0.5, 0.6) is 0 Å². The highest BCUT2D eigenvalue weighted by molar-refractivity contribution is 5.79. The second kappa shape index (κ2) is 6.88. The first-order valence-electron chi connectivity index (χ1n) is 6.76. The van der Waals surface area contributed by atoms with Crippen LogP contribution >= 0.6 is 0 Å². The van der Waals surface area contributed by atoms with Gasteiger partial charge in [-0.25, -0.2) is 4.39 Å². The van der Waals surface area contributed by atoms with Crippen molar-refractivity contribution in [2.45, 2.75) is 20.0 Å². The average molecular weight is 289 g/mol. The minimum atomic E-state index is -0.188. The van der Waals surface area contributed by atoms with E-state index in [1.165, 1.54) is 6.07 Å². The van der Waals surface area contributed by atoms with Gasteiger partial charge in [-0.05, 0) is 30.2 Å². The fraction of sp³-hybridized carbons (Fsp3) is 0.333. The highest BCUT2D eigenvalue weighted by Crippen LogP contribution is 2.08. The van der Waals surface area contributed by atoms with Crippen LogP contribution in [-0.2, 0) is 20.1 Å². The van der Waals surface area contributed by atoms with Crippen LogP contribution in [0.25, 0.3) is 0 Å². The number of hydrogen-bond donors (Lipinski definition) is 2. The minimum Gasteiger partial charge on any atom is -0.352 e. The molecule has 0 bridgehead atoms. The quantitative estimate of drug-likeness (QED) is 0.666. The molecule has 0 unspecified atom stereocenters. The number of aromatic nitrogens is 2. The zero-order chi connectivity index (χ0) is 15.2. The number of halogens is 1. The van der Waals surface area contributed by atoms with Gasteiger partial charge in [-0.3, -0.25) is 9.67 Å². The Bertz CT molecular complexity index is 633. The highest BCUT2D eigenvalue weighted by atomic mass is 19.1. The summed E-state index contributed by atoms with van der Waals surface area (Å²) >= 11 is 0. The van der Waals surface area contributed by atoms with Crippen molar-refractivity contribution in [1.82, 2.24) is 20.4 Å². The van der Waals surface area contributed by atoms with Crippen molar-refractivity contribution in [3.05, 3.63) is 53.1 Å². The second-order valence-electron chi connectivity index (χ2n) is 4.81. The van der Waals surface area contributed by atoms with Gasteiger partial charge < -0.3 is 10.6 Å². The van der Waals surface area contributed by atoms with E-state index < -0.39 is 0 Å². The first kappa shape index (κ1) is 15.0. The number of guanidine groups is 1. The summed E-state index contributed by atoms with van der Waals surface area (Å²) in [6, 6.07) is 7.16. The lowest BCUT2D eigenvalue weighted by atomic mass is 10.1. The van der Waals surface area contributed by atoms with E-state index in [1.807, 2.05) is 19.2 Å². The van der Waals surface area contributed by atoms with Gasteiger partial charge in [0, 0.05) is 26.8 Å². The summed E-state index contributed by atoms with van der Waals surface area (Å²) in [5.74, 6) is 0.476. The zero-order valence-electron chi connectivity index (χ0n) is 12.5. The van der Waals surface area contributed by atoms with Crippen molar-refractivity contribution < 1.29 is 4.39 Å². The molecule has 0 atom stereocenters. The van der Waals surface area contributed by atoms with Crippen LogP contribution in [0.2, 0.25) is 0 Å². The number of aliphatic imine (C=N–C) groups is 1. The lowest BCUT2D eigenvalue weighted by Crippen LogP contribution is -2.36. The van der Waals surface area contributed by atoms with Crippen molar-refractivity contribution >= 4 is 5.96 Å². The zero-order valence-corrected chi connectivity index (χ0v) is 12.5. The molecule has 0 fully saturated rings. The molecule has 21 heavy (non-hydrogen) atoms. The summed E-state index contributed by atoms with van der Waals surface area (Å²) in [5.41, 5.74) is 2.58. The lowest BCUT2D eigenvalue weighted by molar-refractivity contribution is 0.615. The maximum atomic E-state index is 13.5. The number of aryl methyl sites for hydroxylation is 2. The maximum Gasteiger partial charge on any atom is 0.191 e. The molecular weight excluding hydrogens is 269 g/mol. The van der Waals surface area contributed by atoms with Gasteiger partial charge in [0.2, 0.25) is 0 Å². The Morgan fingerprint density at radius 1 is 1.29 bits per heavy atom. The topological polar surface area (TPSA) is 54.2 Å². The molecule has 2 rings (SSSR count). The molecule has 112 valence electrons. The number of hydrogen-bond acceptors (Lipinski definition) is 2. The first-order chi connectivity index (χ1) is 10.1. The minimum absolute atomic E-state index is 0.188. The molecule has 5 nitrogen and oxygen atoms in total. The predicted octanol–water partition coefficient (Wildman–Crippen LogP) is 1.73. The fourth-order valence-corrected chi connectivity index (χ4v) is 1.90. The van der Waals surface area contributed by atoms with Crippen molar-refractivity contribution in [3.8, 4) is 0 Å². The highest BCUT2D eigenvalue weighted by Gasteiger charge is 2.03.